The minimum absolute atomic E-state index is 0.115. The van der Waals surface area contributed by atoms with Crippen LogP contribution in [0, 0.1) is 6.92 Å². The van der Waals surface area contributed by atoms with Gasteiger partial charge in [0.05, 0.1) is 12.3 Å². The second-order valence-electron chi connectivity index (χ2n) is 4.86. The number of hydrogen-bond donors (Lipinski definition) is 2. The summed E-state index contributed by atoms with van der Waals surface area (Å²) in [7, 11) is 0. The Labute approximate surface area is 133 Å². The monoisotopic (exact) mass is 318 g/mol. The highest BCUT2D eigenvalue weighted by Crippen LogP contribution is 2.19. The van der Waals surface area contributed by atoms with Crippen LogP contribution in [0.25, 0.3) is 0 Å². The van der Waals surface area contributed by atoms with Crippen molar-refractivity contribution >= 4 is 28.8 Å². The average Bonchev–Trinajstić information content (AvgIpc) is 2.92. The first-order valence-electron chi connectivity index (χ1n) is 6.89. The maximum absolute atomic E-state index is 12.3. The zero-order valence-electron chi connectivity index (χ0n) is 12.3. The van der Waals surface area contributed by atoms with Crippen LogP contribution < -0.4 is 5.32 Å². The van der Waals surface area contributed by atoms with Crippen molar-refractivity contribution in [2.45, 2.75) is 13.5 Å². The van der Waals surface area contributed by atoms with Gasteiger partial charge in [-0.25, -0.2) is 0 Å². The first-order chi connectivity index (χ1) is 10.6. The highest BCUT2D eigenvalue weighted by atomic mass is 32.1. The molecule has 0 spiro atoms. The van der Waals surface area contributed by atoms with Gasteiger partial charge in [0.15, 0.2) is 0 Å². The van der Waals surface area contributed by atoms with Gasteiger partial charge in [0, 0.05) is 18.5 Å². The maximum atomic E-state index is 12.3. The van der Waals surface area contributed by atoms with Crippen LogP contribution in [0.5, 0.6) is 0 Å². The number of rotatable bonds is 5. The fourth-order valence-corrected chi connectivity index (χ4v) is 2.76. The van der Waals surface area contributed by atoms with E-state index in [0.29, 0.717) is 5.69 Å². The van der Waals surface area contributed by atoms with Crippen LogP contribution in [0.15, 0.2) is 41.1 Å². The SMILES string of the molecule is Cc1cscc1NC(=O)C(=O)N(CCO)Cc1ccccc1. The fraction of sp³-hybridized carbons (Fsp3) is 0.250. The summed E-state index contributed by atoms with van der Waals surface area (Å²) in [5, 5.41) is 15.4. The Balaban J connectivity index is 2.05. The van der Waals surface area contributed by atoms with Crippen LogP contribution in [-0.4, -0.2) is 35.0 Å². The van der Waals surface area contributed by atoms with E-state index in [4.69, 9.17) is 5.11 Å². The Morgan fingerprint density at radius 2 is 1.95 bits per heavy atom. The topological polar surface area (TPSA) is 69.6 Å². The zero-order chi connectivity index (χ0) is 15.9. The molecule has 2 amide bonds. The number of amides is 2. The third kappa shape index (κ3) is 4.16. The van der Waals surface area contributed by atoms with E-state index in [1.165, 1.54) is 16.2 Å². The van der Waals surface area contributed by atoms with E-state index in [9.17, 15) is 9.59 Å². The molecule has 2 N–H and O–H groups in total. The lowest BCUT2D eigenvalue weighted by Gasteiger charge is -2.21. The lowest BCUT2D eigenvalue weighted by atomic mass is 10.2. The molecule has 0 saturated heterocycles. The van der Waals surface area contributed by atoms with Crippen molar-refractivity contribution in [3.63, 3.8) is 0 Å². The quantitative estimate of drug-likeness (QED) is 0.829. The molecule has 0 aliphatic heterocycles. The lowest BCUT2D eigenvalue weighted by Crippen LogP contribution is -2.40. The van der Waals surface area contributed by atoms with Crippen molar-refractivity contribution in [2.24, 2.45) is 0 Å². The summed E-state index contributed by atoms with van der Waals surface area (Å²) in [5.74, 6) is -1.34. The molecular formula is C16H18N2O3S. The molecule has 2 aromatic rings. The molecule has 2 rings (SSSR count). The first-order valence-corrected chi connectivity index (χ1v) is 7.84. The van der Waals surface area contributed by atoms with Gasteiger partial charge in [-0.3, -0.25) is 9.59 Å². The molecule has 0 radical (unpaired) electrons. The van der Waals surface area contributed by atoms with Gasteiger partial charge in [-0.15, -0.1) is 11.3 Å². The van der Waals surface area contributed by atoms with E-state index in [-0.39, 0.29) is 19.7 Å². The smallest absolute Gasteiger partial charge is 0.313 e. The summed E-state index contributed by atoms with van der Waals surface area (Å²) in [6.45, 7) is 2.08. The number of nitrogens with zero attached hydrogens (tertiary/aromatic N) is 1. The van der Waals surface area contributed by atoms with Crippen LogP contribution in [0.4, 0.5) is 5.69 Å². The Bertz CT molecular complexity index is 640. The first kappa shape index (κ1) is 16.2. The van der Waals surface area contributed by atoms with Gasteiger partial charge in [0.2, 0.25) is 0 Å². The molecule has 0 atom stereocenters. The number of aryl methyl sites for hydroxylation is 1. The summed E-state index contributed by atoms with van der Waals surface area (Å²) in [6.07, 6.45) is 0. The second kappa shape index (κ2) is 7.72. The number of carbonyl (C=O) groups is 2. The van der Waals surface area contributed by atoms with Gasteiger partial charge in [-0.05, 0) is 23.4 Å². The minimum Gasteiger partial charge on any atom is -0.395 e. The molecule has 22 heavy (non-hydrogen) atoms. The Kier molecular flexibility index (Phi) is 5.68. The Hall–Kier alpha value is -2.18. The Morgan fingerprint density at radius 1 is 1.23 bits per heavy atom. The normalized spacial score (nSPS) is 10.3. The van der Waals surface area contributed by atoms with Crippen LogP contribution in [0.3, 0.4) is 0 Å². The highest BCUT2D eigenvalue weighted by molar-refractivity contribution is 7.08. The standard InChI is InChI=1S/C16H18N2O3S/c1-12-10-22-11-14(12)17-15(20)16(21)18(7-8-19)9-13-5-3-2-4-6-13/h2-6,10-11,19H,7-9H2,1H3,(H,17,20). The van der Waals surface area contributed by atoms with Crippen molar-refractivity contribution in [1.82, 2.24) is 4.90 Å². The molecule has 5 nitrogen and oxygen atoms in total. The van der Waals surface area contributed by atoms with E-state index in [1.54, 1.807) is 5.38 Å². The average molecular weight is 318 g/mol. The third-order valence-electron chi connectivity index (χ3n) is 3.17. The van der Waals surface area contributed by atoms with Crippen molar-refractivity contribution in [2.75, 3.05) is 18.5 Å². The van der Waals surface area contributed by atoms with Crippen molar-refractivity contribution in [3.8, 4) is 0 Å². The summed E-state index contributed by atoms with van der Waals surface area (Å²) < 4.78 is 0. The summed E-state index contributed by atoms with van der Waals surface area (Å²) in [6, 6.07) is 9.36. The number of nitrogens with one attached hydrogen (secondary N) is 1. The molecule has 1 aromatic carbocycles. The van der Waals surface area contributed by atoms with Crippen LogP contribution >= 0.6 is 11.3 Å². The molecular weight excluding hydrogens is 300 g/mol. The van der Waals surface area contributed by atoms with Crippen molar-refractivity contribution in [3.05, 3.63) is 52.2 Å². The van der Waals surface area contributed by atoms with Crippen molar-refractivity contribution < 1.29 is 14.7 Å². The summed E-state index contributed by atoms with van der Waals surface area (Å²) in [5.41, 5.74) is 2.47. The van der Waals surface area contributed by atoms with Crippen LogP contribution in [-0.2, 0) is 16.1 Å². The van der Waals surface area contributed by atoms with Crippen LogP contribution in [0.2, 0.25) is 0 Å². The van der Waals surface area contributed by atoms with Gasteiger partial charge in [-0.2, -0.15) is 0 Å². The molecule has 0 bridgehead atoms. The van der Waals surface area contributed by atoms with E-state index < -0.39 is 11.8 Å². The molecule has 0 fully saturated rings. The number of hydrogen-bond acceptors (Lipinski definition) is 4. The van der Waals surface area contributed by atoms with E-state index in [0.717, 1.165) is 11.1 Å². The number of benzene rings is 1. The third-order valence-corrected chi connectivity index (χ3v) is 4.03. The predicted molar refractivity (Wildman–Crippen MR) is 86.6 cm³/mol. The molecule has 0 aliphatic rings. The van der Waals surface area contributed by atoms with Gasteiger partial charge in [0.25, 0.3) is 0 Å². The van der Waals surface area contributed by atoms with E-state index in [2.05, 4.69) is 5.32 Å². The Morgan fingerprint density at radius 3 is 2.55 bits per heavy atom. The number of anilines is 1. The predicted octanol–water partition coefficient (Wildman–Crippen LogP) is 2.02. The molecule has 1 heterocycles. The van der Waals surface area contributed by atoms with Crippen LogP contribution in [0.1, 0.15) is 11.1 Å². The largest absolute Gasteiger partial charge is 0.395 e. The number of thiophene rings is 1. The van der Waals surface area contributed by atoms with Gasteiger partial charge >= 0.3 is 11.8 Å². The molecule has 0 unspecified atom stereocenters. The highest BCUT2D eigenvalue weighted by Gasteiger charge is 2.22. The van der Waals surface area contributed by atoms with Gasteiger partial charge < -0.3 is 15.3 Å². The molecule has 6 heteroatoms. The number of carbonyl (C=O) groups excluding carboxylic acids is 2. The fourth-order valence-electron chi connectivity index (χ4n) is 1.98. The van der Waals surface area contributed by atoms with Gasteiger partial charge in [0.1, 0.15) is 0 Å². The lowest BCUT2D eigenvalue weighted by molar-refractivity contribution is -0.143. The maximum Gasteiger partial charge on any atom is 0.313 e. The molecule has 0 aliphatic carbocycles. The summed E-state index contributed by atoms with van der Waals surface area (Å²) in [4.78, 5) is 25.7. The molecule has 1 aromatic heterocycles. The van der Waals surface area contributed by atoms with Gasteiger partial charge in [-0.1, -0.05) is 30.3 Å². The minimum atomic E-state index is -0.689. The number of aliphatic hydroxyl groups is 1. The summed E-state index contributed by atoms with van der Waals surface area (Å²) >= 11 is 1.46. The molecule has 116 valence electrons. The van der Waals surface area contributed by atoms with Crippen molar-refractivity contribution in [1.29, 1.82) is 0 Å². The van der Waals surface area contributed by atoms with E-state index in [1.807, 2.05) is 42.6 Å². The second-order valence-corrected chi connectivity index (χ2v) is 5.60. The van der Waals surface area contributed by atoms with E-state index >= 15 is 0 Å². The molecule has 0 saturated carbocycles. The number of aliphatic hydroxyl groups excluding tert-OH is 1. The zero-order valence-corrected chi connectivity index (χ0v) is 13.1.